The number of aromatic nitrogens is 3. The Bertz CT molecular complexity index is 456. The van der Waals surface area contributed by atoms with Crippen LogP contribution in [0.5, 0.6) is 0 Å². The first-order chi connectivity index (χ1) is 7.22. The lowest BCUT2D eigenvalue weighted by molar-refractivity contribution is 0.640. The molecule has 0 radical (unpaired) electrons. The fourth-order valence-corrected chi connectivity index (χ4v) is 1.58. The number of nitrogens with zero attached hydrogens (tertiary/aromatic N) is 3. The van der Waals surface area contributed by atoms with E-state index in [0.717, 1.165) is 23.5 Å². The normalized spacial score (nSPS) is 10.5. The van der Waals surface area contributed by atoms with Crippen molar-refractivity contribution in [3.05, 3.63) is 30.2 Å². The first kappa shape index (κ1) is 9.71. The van der Waals surface area contributed by atoms with Gasteiger partial charge in [-0.15, -0.1) is 0 Å². The summed E-state index contributed by atoms with van der Waals surface area (Å²) in [5.41, 5.74) is 9.39. The lowest BCUT2D eigenvalue weighted by Gasteiger charge is -2.02. The van der Waals surface area contributed by atoms with Gasteiger partial charge in [0.15, 0.2) is 0 Å². The van der Waals surface area contributed by atoms with E-state index in [9.17, 15) is 0 Å². The molecule has 0 spiro atoms. The molecule has 0 amide bonds. The van der Waals surface area contributed by atoms with Gasteiger partial charge < -0.3 is 5.73 Å². The van der Waals surface area contributed by atoms with Crippen LogP contribution in [0.25, 0.3) is 11.3 Å². The summed E-state index contributed by atoms with van der Waals surface area (Å²) in [6.45, 7) is 4.99. The Labute approximate surface area is 88.8 Å². The van der Waals surface area contributed by atoms with Crippen molar-refractivity contribution in [3.8, 4) is 11.3 Å². The maximum atomic E-state index is 5.59. The zero-order valence-corrected chi connectivity index (χ0v) is 8.94. The number of pyridine rings is 1. The van der Waals surface area contributed by atoms with Crippen molar-refractivity contribution in [2.75, 3.05) is 5.73 Å². The van der Waals surface area contributed by atoms with Gasteiger partial charge in [0.1, 0.15) is 0 Å². The van der Waals surface area contributed by atoms with E-state index in [1.165, 1.54) is 0 Å². The molecule has 0 saturated carbocycles. The monoisotopic (exact) mass is 202 g/mol. The summed E-state index contributed by atoms with van der Waals surface area (Å²) in [4.78, 5) is 4.28. The molecule has 0 unspecified atom stereocenters. The van der Waals surface area contributed by atoms with Gasteiger partial charge in [0, 0.05) is 17.8 Å². The zero-order valence-electron chi connectivity index (χ0n) is 8.94. The third kappa shape index (κ3) is 1.70. The van der Waals surface area contributed by atoms with Crippen molar-refractivity contribution in [1.29, 1.82) is 0 Å². The number of aryl methyl sites for hydroxylation is 1. The quantitative estimate of drug-likeness (QED) is 0.808. The molecule has 4 heteroatoms. The Balaban J connectivity index is 2.45. The van der Waals surface area contributed by atoms with Crippen molar-refractivity contribution in [1.82, 2.24) is 14.8 Å². The summed E-state index contributed by atoms with van der Waals surface area (Å²) in [6, 6.07) is 3.77. The number of hydrogen-bond donors (Lipinski definition) is 1. The van der Waals surface area contributed by atoms with Crippen LogP contribution < -0.4 is 5.73 Å². The van der Waals surface area contributed by atoms with E-state index < -0.39 is 0 Å². The second-order valence-corrected chi connectivity index (χ2v) is 3.44. The number of anilines is 1. The van der Waals surface area contributed by atoms with E-state index in [1.54, 1.807) is 6.20 Å². The molecule has 0 saturated heterocycles. The first-order valence-electron chi connectivity index (χ1n) is 4.96. The Morgan fingerprint density at radius 1 is 1.33 bits per heavy atom. The lowest BCUT2D eigenvalue weighted by Crippen LogP contribution is -1.98. The van der Waals surface area contributed by atoms with Crippen LogP contribution in [0.1, 0.15) is 12.6 Å². The SMILES string of the molecule is CCn1ncc(-c2ccc(N)cn2)c1C. The van der Waals surface area contributed by atoms with Crippen LogP contribution in [0.2, 0.25) is 0 Å². The van der Waals surface area contributed by atoms with Crippen LogP contribution in [-0.2, 0) is 6.54 Å². The van der Waals surface area contributed by atoms with E-state index >= 15 is 0 Å². The molecule has 0 atom stereocenters. The highest BCUT2D eigenvalue weighted by Gasteiger charge is 2.07. The average molecular weight is 202 g/mol. The molecular weight excluding hydrogens is 188 g/mol. The van der Waals surface area contributed by atoms with Gasteiger partial charge in [0.25, 0.3) is 0 Å². The van der Waals surface area contributed by atoms with Crippen molar-refractivity contribution < 1.29 is 0 Å². The smallest absolute Gasteiger partial charge is 0.0737 e. The van der Waals surface area contributed by atoms with Crippen molar-refractivity contribution >= 4 is 5.69 Å². The topological polar surface area (TPSA) is 56.7 Å². The molecule has 15 heavy (non-hydrogen) atoms. The number of nitrogen functional groups attached to an aromatic ring is 1. The molecule has 0 aromatic carbocycles. The van der Waals surface area contributed by atoms with Gasteiger partial charge in [-0.2, -0.15) is 5.10 Å². The van der Waals surface area contributed by atoms with Crippen molar-refractivity contribution in [3.63, 3.8) is 0 Å². The summed E-state index contributed by atoms with van der Waals surface area (Å²) in [5, 5.41) is 4.28. The second kappa shape index (κ2) is 3.73. The second-order valence-electron chi connectivity index (χ2n) is 3.44. The third-order valence-corrected chi connectivity index (χ3v) is 2.47. The predicted octanol–water partition coefficient (Wildman–Crippen LogP) is 1.86. The third-order valence-electron chi connectivity index (χ3n) is 2.47. The lowest BCUT2D eigenvalue weighted by atomic mass is 10.2. The summed E-state index contributed by atoms with van der Waals surface area (Å²) in [5.74, 6) is 0. The molecular formula is C11H14N4. The van der Waals surface area contributed by atoms with Crippen LogP contribution >= 0.6 is 0 Å². The van der Waals surface area contributed by atoms with Crippen LogP contribution in [0.15, 0.2) is 24.5 Å². The van der Waals surface area contributed by atoms with Crippen molar-refractivity contribution in [2.24, 2.45) is 0 Å². The molecule has 78 valence electrons. The summed E-state index contributed by atoms with van der Waals surface area (Å²) in [7, 11) is 0. The standard InChI is InChI=1S/C11H14N4/c1-3-15-8(2)10(7-14-15)11-5-4-9(12)6-13-11/h4-7H,3,12H2,1-2H3. The molecule has 0 bridgehead atoms. The van der Waals surface area contributed by atoms with E-state index in [0.29, 0.717) is 5.69 Å². The van der Waals surface area contributed by atoms with Gasteiger partial charge in [-0.3, -0.25) is 9.67 Å². The summed E-state index contributed by atoms with van der Waals surface area (Å²) < 4.78 is 1.95. The van der Waals surface area contributed by atoms with E-state index in [2.05, 4.69) is 17.0 Å². The van der Waals surface area contributed by atoms with Gasteiger partial charge in [-0.1, -0.05) is 0 Å². The Hall–Kier alpha value is -1.84. The number of rotatable bonds is 2. The summed E-state index contributed by atoms with van der Waals surface area (Å²) >= 11 is 0. The fourth-order valence-electron chi connectivity index (χ4n) is 1.58. The largest absolute Gasteiger partial charge is 0.397 e. The Kier molecular flexibility index (Phi) is 2.41. The molecule has 0 aliphatic heterocycles. The van der Waals surface area contributed by atoms with Crippen LogP contribution in [0.3, 0.4) is 0 Å². The van der Waals surface area contributed by atoms with Crippen LogP contribution in [-0.4, -0.2) is 14.8 Å². The minimum absolute atomic E-state index is 0.680. The predicted molar refractivity (Wildman–Crippen MR) is 60.3 cm³/mol. The van der Waals surface area contributed by atoms with E-state index in [4.69, 9.17) is 5.73 Å². The molecule has 2 rings (SSSR count). The fraction of sp³-hybridized carbons (Fsp3) is 0.273. The van der Waals surface area contributed by atoms with Gasteiger partial charge in [-0.05, 0) is 26.0 Å². The molecule has 2 heterocycles. The van der Waals surface area contributed by atoms with Gasteiger partial charge >= 0.3 is 0 Å². The van der Waals surface area contributed by atoms with Crippen LogP contribution in [0, 0.1) is 6.92 Å². The van der Waals surface area contributed by atoms with E-state index in [1.807, 2.05) is 29.9 Å². The van der Waals surface area contributed by atoms with Crippen LogP contribution in [0.4, 0.5) is 5.69 Å². The Morgan fingerprint density at radius 3 is 2.67 bits per heavy atom. The highest BCUT2D eigenvalue weighted by atomic mass is 15.3. The van der Waals surface area contributed by atoms with Gasteiger partial charge in [0.2, 0.25) is 0 Å². The molecule has 4 nitrogen and oxygen atoms in total. The molecule has 0 aliphatic carbocycles. The van der Waals surface area contributed by atoms with Crippen molar-refractivity contribution in [2.45, 2.75) is 20.4 Å². The minimum atomic E-state index is 0.680. The maximum absolute atomic E-state index is 5.59. The molecule has 0 fully saturated rings. The molecule has 2 aromatic rings. The average Bonchev–Trinajstić information content (AvgIpc) is 2.61. The Morgan fingerprint density at radius 2 is 2.13 bits per heavy atom. The maximum Gasteiger partial charge on any atom is 0.0737 e. The highest BCUT2D eigenvalue weighted by molar-refractivity contribution is 5.62. The van der Waals surface area contributed by atoms with Gasteiger partial charge in [-0.25, -0.2) is 0 Å². The molecule has 0 aliphatic rings. The highest BCUT2D eigenvalue weighted by Crippen LogP contribution is 2.21. The van der Waals surface area contributed by atoms with E-state index in [-0.39, 0.29) is 0 Å². The molecule has 2 aromatic heterocycles. The number of hydrogen-bond acceptors (Lipinski definition) is 3. The first-order valence-corrected chi connectivity index (χ1v) is 4.96. The zero-order chi connectivity index (χ0) is 10.8. The molecule has 2 N–H and O–H groups in total. The minimum Gasteiger partial charge on any atom is -0.397 e. The van der Waals surface area contributed by atoms with Gasteiger partial charge in [0.05, 0.1) is 23.8 Å². The summed E-state index contributed by atoms with van der Waals surface area (Å²) in [6.07, 6.45) is 3.51. The number of nitrogens with two attached hydrogens (primary N) is 1.